The van der Waals surface area contributed by atoms with E-state index in [0.29, 0.717) is 5.56 Å². The number of aliphatic hydroxyl groups excluding tert-OH is 2. The molecule has 2 rings (SSSR count). The molecule has 0 aliphatic heterocycles. The maximum atomic E-state index is 13.0. The van der Waals surface area contributed by atoms with Gasteiger partial charge in [-0.1, -0.05) is 32.0 Å². The van der Waals surface area contributed by atoms with E-state index in [2.05, 4.69) is 20.9 Å². The molecule has 9 N–H and O–H groups in total. The second-order valence-electron chi connectivity index (χ2n) is 8.71. The van der Waals surface area contributed by atoms with Crippen molar-refractivity contribution in [1.82, 2.24) is 20.9 Å². The number of aromatic amines is 1. The summed E-state index contributed by atoms with van der Waals surface area (Å²) in [5.41, 5.74) is 6.97. The van der Waals surface area contributed by atoms with Crippen LogP contribution in [0.3, 0.4) is 0 Å². The predicted octanol–water partition coefficient (Wildman–Crippen LogP) is -1.39. The van der Waals surface area contributed by atoms with E-state index in [1.807, 2.05) is 24.3 Å². The van der Waals surface area contributed by atoms with Gasteiger partial charge in [-0.2, -0.15) is 0 Å². The highest BCUT2D eigenvalue weighted by Crippen LogP contribution is 2.19. The number of fused-ring (bicyclic) bond motifs is 1. The van der Waals surface area contributed by atoms with Crippen molar-refractivity contribution in [3.63, 3.8) is 0 Å². The van der Waals surface area contributed by atoms with Gasteiger partial charge in [0.1, 0.15) is 24.2 Å². The highest BCUT2D eigenvalue weighted by Gasteiger charge is 2.33. The first-order valence-corrected chi connectivity index (χ1v) is 11.2. The molecule has 192 valence electrons. The topological polar surface area (TPSA) is 207 Å². The number of H-pyrrole nitrogens is 1. The van der Waals surface area contributed by atoms with Gasteiger partial charge in [-0.05, 0) is 24.5 Å². The fraction of sp³-hybridized carbons (Fsp3) is 0.478. The van der Waals surface area contributed by atoms with Crippen LogP contribution in [-0.4, -0.2) is 80.9 Å². The summed E-state index contributed by atoms with van der Waals surface area (Å²) in [6.45, 7) is 3.90. The van der Waals surface area contributed by atoms with Crippen LogP contribution in [0.15, 0.2) is 30.5 Å². The molecule has 0 saturated heterocycles. The Hall–Kier alpha value is -3.48. The smallest absolute Gasteiger partial charge is 0.326 e. The van der Waals surface area contributed by atoms with Gasteiger partial charge in [-0.15, -0.1) is 0 Å². The van der Waals surface area contributed by atoms with Gasteiger partial charge in [0.25, 0.3) is 0 Å². The number of aliphatic hydroxyl groups is 2. The first-order chi connectivity index (χ1) is 16.5. The lowest BCUT2D eigenvalue weighted by molar-refractivity contribution is -0.142. The molecule has 12 heteroatoms. The minimum absolute atomic E-state index is 0.00918. The van der Waals surface area contributed by atoms with E-state index in [4.69, 9.17) is 10.8 Å². The molecule has 1 aromatic carbocycles. The summed E-state index contributed by atoms with van der Waals surface area (Å²) in [6.07, 6.45) is 0.353. The summed E-state index contributed by atoms with van der Waals surface area (Å²) in [5, 5.41) is 36.7. The van der Waals surface area contributed by atoms with E-state index in [1.54, 1.807) is 20.0 Å². The van der Waals surface area contributed by atoms with Crippen molar-refractivity contribution in [2.45, 2.75) is 57.5 Å². The number of nitrogens with two attached hydrogens (primary N) is 1. The maximum Gasteiger partial charge on any atom is 0.326 e. The number of hydrogen-bond donors (Lipinski definition) is 8. The largest absolute Gasteiger partial charge is 0.480 e. The number of carboxylic acids is 1. The normalized spacial score (nSPS) is 15.6. The van der Waals surface area contributed by atoms with Gasteiger partial charge in [0.2, 0.25) is 17.7 Å². The Morgan fingerprint density at radius 2 is 1.57 bits per heavy atom. The van der Waals surface area contributed by atoms with Crippen molar-refractivity contribution in [3.8, 4) is 0 Å². The van der Waals surface area contributed by atoms with E-state index in [1.165, 1.54) is 6.92 Å². The zero-order valence-corrected chi connectivity index (χ0v) is 19.8. The Morgan fingerprint density at radius 1 is 0.971 bits per heavy atom. The number of benzene rings is 1. The van der Waals surface area contributed by atoms with Crippen molar-refractivity contribution < 1.29 is 34.5 Å². The third kappa shape index (κ3) is 7.25. The second kappa shape index (κ2) is 12.3. The molecule has 2 aromatic rings. The SMILES string of the molecule is CC(C)C(NC(=O)C(NC(=O)C(N)CO)C(C)O)C(=O)NC(Cc1c[nH]c2ccccc12)C(=O)O. The zero-order chi connectivity index (χ0) is 26.3. The first-order valence-electron chi connectivity index (χ1n) is 11.2. The van der Waals surface area contributed by atoms with Crippen LogP contribution >= 0.6 is 0 Å². The van der Waals surface area contributed by atoms with Crippen molar-refractivity contribution in [1.29, 1.82) is 0 Å². The van der Waals surface area contributed by atoms with Crippen LogP contribution < -0.4 is 21.7 Å². The van der Waals surface area contributed by atoms with E-state index < -0.39 is 66.5 Å². The highest BCUT2D eigenvalue weighted by atomic mass is 16.4. The van der Waals surface area contributed by atoms with Crippen LogP contribution in [0.25, 0.3) is 10.9 Å². The molecular formula is C23H33N5O7. The molecule has 5 unspecified atom stereocenters. The zero-order valence-electron chi connectivity index (χ0n) is 19.8. The number of aliphatic carboxylic acids is 1. The summed E-state index contributed by atoms with van der Waals surface area (Å²) in [7, 11) is 0. The third-order valence-corrected chi connectivity index (χ3v) is 5.56. The number of hydrogen-bond acceptors (Lipinski definition) is 7. The van der Waals surface area contributed by atoms with Crippen LogP contribution in [-0.2, 0) is 25.6 Å². The molecule has 5 atom stereocenters. The summed E-state index contributed by atoms with van der Waals surface area (Å²) in [6, 6.07) is 2.18. The molecule has 0 aliphatic carbocycles. The van der Waals surface area contributed by atoms with Crippen LogP contribution in [0.1, 0.15) is 26.3 Å². The summed E-state index contributed by atoms with van der Waals surface area (Å²) >= 11 is 0. The quantitative estimate of drug-likeness (QED) is 0.177. The lowest BCUT2D eigenvalue weighted by atomic mass is 10.00. The number of carbonyl (C=O) groups is 4. The summed E-state index contributed by atoms with van der Waals surface area (Å²) in [5.74, 6) is -4.15. The van der Waals surface area contributed by atoms with Crippen molar-refractivity contribution >= 4 is 34.6 Å². The molecule has 3 amide bonds. The number of amides is 3. The number of carboxylic acid groups (broad SMARTS) is 1. The lowest BCUT2D eigenvalue weighted by Gasteiger charge is -2.28. The Bertz CT molecular complexity index is 1050. The summed E-state index contributed by atoms with van der Waals surface area (Å²) in [4.78, 5) is 52.7. The van der Waals surface area contributed by atoms with Gasteiger partial charge in [-0.3, -0.25) is 14.4 Å². The monoisotopic (exact) mass is 491 g/mol. The average Bonchev–Trinajstić information content (AvgIpc) is 3.21. The van der Waals surface area contributed by atoms with E-state index in [9.17, 15) is 29.4 Å². The number of rotatable bonds is 12. The molecule has 0 saturated carbocycles. The minimum Gasteiger partial charge on any atom is -0.480 e. The Labute approximate surface area is 202 Å². The number of aromatic nitrogens is 1. The van der Waals surface area contributed by atoms with E-state index >= 15 is 0 Å². The standard InChI is InChI=1S/C23H33N5O7/c1-11(2)18(27-22(33)19(12(3)30)28-20(31)15(24)10-29)21(32)26-17(23(34)35)8-13-9-25-16-7-5-4-6-14(13)16/h4-7,9,11-12,15,17-19,25,29-30H,8,10,24H2,1-3H3,(H,26,32)(H,27,33)(H,28,31)(H,34,35). The Kier molecular flexibility index (Phi) is 9.75. The fourth-order valence-electron chi connectivity index (χ4n) is 3.51. The fourth-order valence-corrected chi connectivity index (χ4v) is 3.51. The van der Waals surface area contributed by atoms with E-state index in [-0.39, 0.29) is 6.42 Å². The Morgan fingerprint density at radius 3 is 2.14 bits per heavy atom. The van der Waals surface area contributed by atoms with Gasteiger partial charge in [0.05, 0.1) is 12.7 Å². The molecular weight excluding hydrogens is 458 g/mol. The van der Waals surface area contributed by atoms with Crippen LogP contribution in [0.4, 0.5) is 0 Å². The second-order valence-corrected chi connectivity index (χ2v) is 8.71. The molecule has 0 spiro atoms. The molecule has 0 radical (unpaired) electrons. The summed E-state index contributed by atoms with van der Waals surface area (Å²) < 4.78 is 0. The van der Waals surface area contributed by atoms with Crippen LogP contribution in [0.5, 0.6) is 0 Å². The molecule has 1 aromatic heterocycles. The van der Waals surface area contributed by atoms with Crippen LogP contribution in [0, 0.1) is 5.92 Å². The Balaban J connectivity index is 2.15. The van der Waals surface area contributed by atoms with Crippen molar-refractivity contribution in [3.05, 3.63) is 36.0 Å². The van der Waals surface area contributed by atoms with Crippen molar-refractivity contribution in [2.75, 3.05) is 6.61 Å². The average molecular weight is 492 g/mol. The maximum absolute atomic E-state index is 13.0. The minimum atomic E-state index is -1.45. The number of carbonyl (C=O) groups excluding carboxylic acids is 3. The molecule has 1 heterocycles. The van der Waals surface area contributed by atoms with Gasteiger partial charge >= 0.3 is 5.97 Å². The number of para-hydroxylation sites is 1. The number of nitrogens with one attached hydrogen (secondary N) is 4. The molecule has 35 heavy (non-hydrogen) atoms. The third-order valence-electron chi connectivity index (χ3n) is 5.56. The highest BCUT2D eigenvalue weighted by molar-refractivity contribution is 5.94. The molecule has 0 fully saturated rings. The van der Waals surface area contributed by atoms with Gasteiger partial charge < -0.3 is 42.0 Å². The lowest BCUT2D eigenvalue weighted by Crippen LogP contribution is -2.61. The van der Waals surface area contributed by atoms with Crippen molar-refractivity contribution in [2.24, 2.45) is 11.7 Å². The van der Waals surface area contributed by atoms with Gasteiger partial charge in [-0.25, -0.2) is 4.79 Å². The van der Waals surface area contributed by atoms with Gasteiger partial charge in [0.15, 0.2) is 0 Å². The molecule has 0 bridgehead atoms. The predicted molar refractivity (Wildman–Crippen MR) is 127 cm³/mol. The first kappa shape index (κ1) is 27.8. The van der Waals surface area contributed by atoms with Gasteiger partial charge in [0, 0.05) is 23.5 Å². The van der Waals surface area contributed by atoms with Crippen LogP contribution in [0.2, 0.25) is 0 Å². The molecule has 12 nitrogen and oxygen atoms in total. The molecule has 0 aliphatic rings. The van der Waals surface area contributed by atoms with E-state index in [0.717, 1.165) is 10.9 Å².